The highest BCUT2D eigenvalue weighted by molar-refractivity contribution is 5.44. The van der Waals surface area contributed by atoms with Gasteiger partial charge in [-0.2, -0.15) is 8.78 Å². The zero-order valence-corrected chi connectivity index (χ0v) is 16.2. The molecular formula is C22H32F2O2. The summed E-state index contributed by atoms with van der Waals surface area (Å²) in [5, 5.41) is 0. The van der Waals surface area contributed by atoms with Gasteiger partial charge in [0.05, 0.1) is 6.61 Å². The topological polar surface area (TPSA) is 18.5 Å². The Hall–Kier alpha value is -1.32. The molecule has 4 heteroatoms. The van der Waals surface area contributed by atoms with Crippen molar-refractivity contribution in [3.05, 3.63) is 23.3 Å². The fourth-order valence-electron chi connectivity index (χ4n) is 4.58. The van der Waals surface area contributed by atoms with Crippen LogP contribution in [0.1, 0.15) is 77.2 Å². The van der Waals surface area contributed by atoms with E-state index >= 15 is 0 Å². The van der Waals surface area contributed by atoms with Gasteiger partial charge in [-0.25, -0.2) is 0 Å². The van der Waals surface area contributed by atoms with E-state index in [9.17, 15) is 8.78 Å². The average molecular weight is 366 g/mol. The van der Waals surface area contributed by atoms with Crippen LogP contribution in [0.2, 0.25) is 0 Å². The number of benzene rings is 1. The molecule has 0 bridgehead atoms. The number of rotatable bonds is 7. The van der Waals surface area contributed by atoms with E-state index in [-0.39, 0.29) is 17.6 Å². The lowest BCUT2D eigenvalue weighted by atomic mass is 9.76. The van der Waals surface area contributed by atoms with E-state index in [2.05, 4.69) is 6.92 Å². The first kappa shape index (κ1) is 19.4. The molecule has 2 nitrogen and oxygen atoms in total. The van der Waals surface area contributed by atoms with Crippen LogP contribution in [0, 0.1) is 23.5 Å². The summed E-state index contributed by atoms with van der Waals surface area (Å²) in [6, 6.07) is 1.61. The molecule has 1 aliphatic carbocycles. The molecule has 0 radical (unpaired) electrons. The quantitative estimate of drug-likeness (QED) is 0.517. The van der Waals surface area contributed by atoms with Crippen molar-refractivity contribution < 1.29 is 18.3 Å². The first-order valence-electron chi connectivity index (χ1n) is 10.4. The van der Waals surface area contributed by atoms with Gasteiger partial charge in [0.15, 0.2) is 11.5 Å². The van der Waals surface area contributed by atoms with Gasteiger partial charge in [0.1, 0.15) is 6.10 Å². The van der Waals surface area contributed by atoms with E-state index in [1.807, 2.05) is 0 Å². The number of unbranched alkanes of at least 4 members (excludes halogenated alkanes) is 2. The Kier molecular flexibility index (Phi) is 6.77. The van der Waals surface area contributed by atoms with Crippen molar-refractivity contribution in [1.29, 1.82) is 0 Å². The Morgan fingerprint density at radius 2 is 1.81 bits per heavy atom. The summed E-state index contributed by atoms with van der Waals surface area (Å²) >= 11 is 0. The number of halogens is 2. The zero-order valence-electron chi connectivity index (χ0n) is 16.2. The van der Waals surface area contributed by atoms with Crippen molar-refractivity contribution in [3.8, 4) is 11.5 Å². The van der Waals surface area contributed by atoms with Gasteiger partial charge < -0.3 is 9.47 Å². The molecule has 1 aromatic rings. The summed E-state index contributed by atoms with van der Waals surface area (Å²) < 4.78 is 39.8. The predicted octanol–water partition coefficient (Wildman–Crippen LogP) is 6.44. The van der Waals surface area contributed by atoms with Crippen molar-refractivity contribution in [2.45, 2.75) is 84.2 Å². The molecule has 2 aliphatic rings. The van der Waals surface area contributed by atoms with Gasteiger partial charge in [0.25, 0.3) is 0 Å². The summed E-state index contributed by atoms with van der Waals surface area (Å²) in [6.07, 6.45) is 11.7. The Labute approximate surface area is 156 Å². The lowest BCUT2D eigenvalue weighted by Crippen LogP contribution is -2.34. The van der Waals surface area contributed by atoms with E-state index in [0.29, 0.717) is 12.5 Å². The molecule has 26 heavy (non-hydrogen) atoms. The third kappa shape index (κ3) is 4.32. The van der Waals surface area contributed by atoms with Crippen LogP contribution in [-0.4, -0.2) is 12.7 Å². The SMILES string of the molecule is CCCCCC1CCC(C2CCc3cc(OCC)c(F)c(F)c3O2)CC1. The van der Waals surface area contributed by atoms with Crippen LogP contribution in [0.4, 0.5) is 8.78 Å². The Bertz CT molecular complexity index is 594. The van der Waals surface area contributed by atoms with Crippen LogP contribution in [0.3, 0.4) is 0 Å². The largest absolute Gasteiger partial charge is 0.491 e. The lowest BCUT2D eigenvalue weighted by molar-refractivity contribution is 0.0704. The molecule has 1 saturated carbocycles. The first-order chi connectivity index (χ1) is 12.6. The number of fused-ring (bicyclic) bond motifs is 1. The summed E-state index contributed by atoms with van der Waals surface area (Å²) in [4.78, 5) is 0. The van der Waals surface area contributed by atoms with E-state index in [1.54, 1.807) is 13.0 Å². The fraction of sp³-hybridized carbons (Fsp3) is 0.727. The fourth-order valence-corrected chi connectivity index (χ4v) is 4.58. The smallest absolute Gasteiger partial charge is 0.204 e. The minimum Gasteiger partial charge on any atom is -0.491 e. The predicted molar refractivity (Wildman–Crippen MR) is 99.9 cm³/mol. The molecular weight excluding hydrogens is 334 g/mol. The van der Waals surface area contributed by atoms with E-state index in [1.165, 1.54) is 38.5 Å². The maximum Gasteiger partial charge on any atom is 0.204 e. The Morgan fingerprint density at radius 3 is 2.50 bits per heavy atom. The van der Waals surface area contributed by atoms with Gasteiger partial charge >= 0.3 is 0 Å². The van der Waals surface area contributed by atoms with Gasteiger partial charge in [-0.3, -0.25) is 0 Å². The molecule has 1 aliphatic heterocycles. The molecule has 1 unspecified atom stereocenters. The van der Waals surface area contributed by atoms with Crippen LogP contribution < -0.4 is 9.47 Å². The van der Waals surface area contributed by atoms with E-state index < -0.39 is 11.6 Å². The second-order valence-electron chi connectivity index (χ2n) is 7.90. The molecule has 1 atom stereocenters. The number of hydrogen-bond donors (Lipinski definition) is 0. The van der Waals surface area contributed by atoms with Crippen LogP contribution in [0.15, 0.2) is 6.07 Å². The third-order valence-corrected chi connectivity index (χ3v) is 6.11. The second-order valence-corrected chi connectivity index (χ2v) is 7.90. The minimum absolute atomic E-state index is 0.00149. The summed E-state index contributed by atoms with van der Waals surface area (Å²) in [5.74, 6) is -0.378. The molecule has 0 amide bonds. The molecule has 1 aromatic carbocycles. The maximum atomic E-state index is 14.5. The molecule has 1 heterocycles. The van der Waals surface area contributed by atoms with Crippen molar-refractivity contribution in [3.63, 3.8) is 0 Å². The second kappa shape index (κ2) is 9.05. The summed E-state index contributed by atoms with van der Waals surface area (Å²) in [5.41, 5.74) is 0.733. The van der Waals surface area contributed by atoms with Crippen LogP contribution in [0.5, 0.6) is 11.5 Å². The van der Waals surface area contributed by atoms with Gasteiger partial charge in [-0.05, 0) is 50.5 Å². The maximum absolute atomic E-state index is 14.5. The number of hydrogen-bond acceptors (Lipinski definition) is 2. The minimum atomic E-state index is -0.925. The highest BCUT2D eigenvalue weighted by Gasteiger charge is 2.34. The lowest BCUT2D eigenvalue weighted by Gasteiger charge is -2.37. The zero-order chi connectivity index (χ0) is 18.5. The van der Waals surface area contributed by atoms with Crippen LogP contribution in [0.25, 0.3) is 0 Å². The van der Waals surface area contributed by atoms with Gasteiger partial charge in [-0.15, -0.1) is 0 Å². The first-order valence-corrected chi connectivity index (χ1v) is 10.4. The van der Waals surface area contributed by atoms with Gasteiger partial charge in [-0.1, -0.05) is 45.4 Å². The van der Waals surface area contributed by atoms with Gasteiger partial charge in [0.2, 0.25) is 11.6 Å². The molecule has 0 saturated heterocycles. The molecule has 0 aromatic heterocycles. The summed E-state index contributed by atoms with van der Waals surface area (Å²) in [6.45, 7) is 4.33. The highest BCUT2D eigenvalue weighted by Crippen LogP contribution is 2.41. The standard InChI is InChI=1S/C22H32F2O2/c1-3-5-6-7-15-8-10-16(11-9-15)18-13-12-17-14-19(25-4-2)20(23)21(24)22(17)26-18/h14-16,18H,3-13H2,1-2H3. The molecule has 146 valence electrons. The van der Waals surface area contributed by atoms with E-state index in [0.717, 1.165) is 37.2 Å². The molecule has 1 fully saturated rings. The normalized spacial score (nSPS) is 25.5. The van der Waals surface area contributed by atoms with Crippen LogP contribution in [-0.2, 0) is 6.42 Å². The van der Waals surface area contributed by atoms with Gasteiger partial charge in [0, 0.05) is 5.56 Å². The third-order valence-electron chi connectivity index (χ3n) is 6.11. The highest BCUT2D eigenvalue weighted by atomic mass is 19.2. The monoisotopic (exact) mass is 366 g/mol. The molecule has 0 spiro atoms. The summed E-state index contributed by atoms with van der Waals surface area (Å²) in [7, 11) is 0. The van der Waals surface area contributed by atoms with Crippen molar-refractivity contribution in [2.24, 2.45) is 11.8 Å². The number of ether oxygens (including phenoxy) is 2. The average Bonchev–Trinajstić information content (AvgIpc) is 2.67. The van der Waals surface area contributed by atoms with E-state index in [4.69, 9.17) is 9.47 Å². The van der Waals surface area contributed by atoms with Crippen molar-refractivity contribution >= 4 is 0 Å². The Balaban J connectivity index is 1.60. The van der Waals surface area contributed by atoms with Crippen molar-refractivity contribution in [1.82, 2.24) is 0 Å². The molecule has 3 rings (SSSR count). The Morgan fingerprint density at radius 1 is 1.04 bits per heavy atom. The molecule has 0 N–H and O–H groups in total. The van der Waals surface area contributed by atoms with Crippen molar-refractivity contribution in [2.75, 3.05) is 6.61 Å². The number of aryl methyl sites for hydroxylation is 1. The van der Waals surface area contributed by atoms with Crippen LogP contribution >= 0.6 is 0 Å².